The molecule has 144 valence electrons. The number of benzene rings is 1. The highest BCUT2D eigenvalue weighted by Gasteiger charge is 2.40. The topological polar surface area (TPSA) is 75.2 Å². The first-order chi connectivity index (χ1) is 13.1. The molecule has 1 aliphatic heterocycles. The molecule has 4 rings (SSSR count). The summed E-state index contributed by atoms with van der Waals surface area (Å²) in [5.74, 6) is 0.447. The lowest BCUT2D eigenvalue weighted by molar-refractivity contribution is -0.135. The number of rotatable bonds is 5. The zero-order valence-electron chi connectivity index (χ0n) is 15.2. The number of halogens is 1. The lowest BCUT2D eigenvalue weighted by Gasteiger charge is -2.40. The minimum absolute atomic E-state index is 0.0257. The largest absolute Gasteiger partial charge is 0.354 e. The van der Waals surface area contributed by atoms with Crippen molar-refractivity contribution >= 4 is 38.6 Å². The molecule has 3 unspecified atom stereocenters. The third-order valence-corrected chi connectivity index (χ3v) is 6.36. The van der Waals surface area contributed by atoms with Crippen LogP contribution in [0.25, 0.3) is 10.9 Å². The van der Waals surface area contributed by atoms with Crippen molar-refractivity contribution in [3.8, 4) is 0 Å². The molecule has 6 nitrogen and oxygen atoms in total. The van der Waals surface area contributed by atoms with Crippen molar-refractivity contribution in [3.05, 3.63) is 34.9 Å². The van der Waals surface area contributed by atoms with Crippen LogP contribution in [0.5, 0.6) is 0 Å². The molecule has 1 aromatic carbocycles. The van der Waals surface area contributed by atoms with Crippen molar-refractivity contribution in [2.75, 3.05) is 6.54 Å². The number of fused-ring (bicyclic) bond motifs is 2. The molecule has 1 aromatic heterocycles. The number of carbonyl (C=O) groups is 2. The number of nitrogens with zero attached hydrogens (tertiary/aromatic N) is 1. The summed E-state index contributed by atoms with van der Waals surface area (Å²) in [4.78, 5) is 24.4. The SMILES string of the molecule is O=C(CC1NNC(=O)C2CCCCC12)NCCn1ccc2cc(Br)ccc21. The van der Waals surface area contributed by atoms with E-state index in [1.807, 2.05) is 12.3 Å². The molecule has 2 fully saturated rings. The van der Waals surface area contributed by atoms with Gasteiger partial charge in [0.15, 0.2) is 0 Å². The summed E-state index contributed by atoms with van der Waals surface area (Å²) >= 11 is 3.49. The number of hydrogen-bond donors (Lipinski definition) is 3. The van der Waals surface area contributed by atoms with Crippen LogP contribution < -0.4 is 16.2 Å². The van der Waals surface area contributed by atoms with Crippen molar-refractivity contribution in [3.63, 3.8) is 0 Å². The standard InChI is InChI=1S/C20H25BrN4O2/c21-14-5-6-18-13(11-14)7-9-25(18)10-8-22-19(26)12-17-15-3-1-2-4-16(15)20(27)24-23-17/h5-7,9,11,15-17,23H,1-4,8,10,12H2,(H,22,26)(H,24,27). The van der Waals surface area contributed by atoms with E-state index in [0.717, 1.165) is 42.2 Å². The lowest BCUT2D eigenvalue weighted by atomic mass is 9.73. The normalized spacial score (nSPS) is 25.1. The van der Waals surface area contributed by atoms with Crippen molar-refractivity contribution in [1.29, 1.82) is 0 Å². The van der Waals surface area contributed by atoms with Gasteiger partial charge in [-0.3, -0.25) is 15.0 Å². The Morgan fingerprint density at radius 3 is 3.00 bits per heavy atom. The molecule has 2 aromatic rings. The van der Waals surface area contributed by atoms with Crippen LogP contribution in [0.3, 0.4) is 0 Å². The number of hydrogen-bond acceptors (Lipinski definition) is 3. The van der Waals surface area contributed by atoms with Crippen molar-refractivity contribution < 1.29 is 9.59 Å². The number of aromatic nitrogens is 1. The van der Waals surface area contributed by atoms with Crippen molar-refractivity contribution in [1.82, 2.24) is 20.7 Å². The minimum Gasteiger partial charge on any atom is -0.354 e. The molecule has 2 aliphatic rings. The highest BCUT2D eigenvalue weighted by Crippen LogP contribution is 2.35. The molecule has 0 radical (unpaired) electrons. The van der Waals surface area contributed by atoms with Crippen LogP contribution in [0.2, 0.25) is 0 Å². The number of nitrogens with one attached hydrogen (secondary N) is 3. The van der Waals surface area contributed by atoms with Gasteiger partial charge < -0.3 is 9.88 Å². The van der Waals surface area contributed by atoms with Gasteiger partial charge in [-0.05, 0) is 43.0 Å². The molecular weight excluding hydrogens is 408 g/mol. The summed E-state index contributed by atoms with van der Waals surface area (Å²) < 4.78 is 3.22. The van der Waals surface area contributed by atoms with E-state index >= 15 is 0 Å². The summed E-state index contributed by atoms with van der Waals surface area (Å²) in [7, 11) is 0. The van der Waals surface area contributed by atoms with Gasteiger partial charge in [-0.15, -0.1) is 0 Å². The second-order valence-electron chi connectivity index (χ2n) is 7.56. The van der Waals surface area contributed by atoms with E-state index < -0.39 is 0 Å². The molecule has 3 atom stereocenters. The highest BCUT2D eigenvalue weighted by molar-refractivity contribution is 9.10. The molecule has 1 aliphatic carbocycles. The fraction of sp³-hybridized carbons (Fsp3) is 0.500. The van der Waals surface area contributed by atoms with Gasteiger partial charge in [-0.25, -0.2) is 5.43 Å². The van der Waals surface area contributed by atoms with Crippen LogP contribution in [0.1, 0.15) is 32.1 Å². The van der Waals surface area contributed by atoms with Gasteiger partial charge in [-0.1, -0.05) is 28.8 Å². The summed E-state index contributed by atoms with van der Waals surface area (Å²) in [5.41, 5.74) is 6.99. The summed E-state index contributed by atoms with van der Waals surface area (Å²) in [6, 6.07) is 8.31. The Balaban J connectivity index is 1.30. The van der Waals surface area contributed by atoms with Gasteiger partial charge in [-0.2, -0.15) is 0 Å². The predicted molar refractivity (Wildman–Crippen MR) is 108 cm³/mol. The highest BCUT2D eigenvalue weighted by atomic mass is 79.9. The number of carbonyl (C=O) groups excluding carboxylic acids is 2. The van der Waals surface area contributed by atoms with E-state index in [4.69, 9.17) is 0 Å². The van der Waals surface area contributed by atoms with E-state index in [1.54, 1.807) is 0 Å². The summed E-state index contributed by atoms with van der Waals surface area (Å²) in [5, 5.41) is 4.21. The molecule has 1 saturated carbocycles. The van der Waals surface area contributed by atoms with Gasteiger partial charge in [0.05, 0.1) is 0 Å². The van der Waals surface area contributed by atoms with Crippen LogP contribution in [-0.4, -0.2) is 29.0 Å². The minimum atomic E-state index is 0.0257. The van der Waals surface area contributed by atoms with Gasteiger partial charge in [0.1, 0.15) is 0 Å². The molecule has 0 spiro atoms. The molecule has 27 heavy (non-hydrogen) atoms. The molecule has 3 N–H and O–H groups in total. The van der Waals surface area contributed by atoms with Crippen molar-refractivity contribution in [2.45, 2.75) is 44.7 Å². The Hall–Kier alpha value is -1.86. The Bertz CT molecular complexity index is 850. The average molecular weight is 433 g/mol. The average Bonchev–Trinajstić information content (AvgIpc) is 3.06. The smallest absolute Gasteiger partial charge is 0.237 e. The zero-order valence-corrected chi connectivity index (χ0v) is 16.8. The summed E-state index contributed by atoms with van der Waals surface area (Å²) in [6.45, 7) is 1.32. The summed E-state index contributed by atoms with van der Waals surface area (Å²) in [6.07, 6.45) is 6.66. The molecule has 2 amide bonds. The first-order valence-corrected chi connectivity index (χ1v) is 10.5. The maximum absolute atomic E-state index is 12.4. The Morgan fingerprint density at radius 2 is 2.11 bits per heavy atom. The fourth-order valence-electron chi connectivity index (χ4n) is 4.49. The fourth-order valence-corrected chi connectivity index (χ4v) is 4.87. The van der Waals surface area contributed by atoms with Crippen LogP contribution >= 0.6 is 15.9 Å². The predicted octanol–water partition coefficient (Wildman–Crippen LogP) is 2.72. The lowest BCUT2D eigenvalue weighted by Crippen LogP contribution is -2.60. The van der Waals surface area contributed by atoms with Crippen LogP contribution in [0, 0.1) is 11.8 Å². The van der Waals surface area contributed by atoms with Gasteiger partial charge in [0.25, 0.3) is 0 Å². The first-order valence-electron chi connectivity index (χ1n) is 9.68. The quantitative estimate of drug-likeness (QED) is 0.679. The maximum atomic E-state index is 12.4. The van der Waals surface area contributed by atoms with Gasteiger partial charge in [0, 0.05) is 53.0 Å². The third kappa shape index (κ3) is 4.04. The second-order valence-corrected chi connectivity index (χ2v) is 8.48. The Kier molecular flexibility index (Phi) is 5.50. The number of amides is 2. The Morgan fingerprint density at radius 1 is 1.26 bits per heavy atom. The molecule has 1 saturated heterocycles. The zero-order chi connectivity index (χ0) is 18.8. The molecule has 2 heterocycles. The van der Waals surface area contributed by atoms with E-state index in [9.17, 15) is 9.59 Å². The second kappa shape index (κ2) is 8.02. The molecule has 7 heteroatoms. The van der Waals surface area contributed by atoms with Gasteiger partial charge >= 0.3 is 0 Å². The maximum Gasteiger partial charge on any atom is 0.237 e. The van der Waals surface area contributed by atoms with Crippen LogP contribution in [-0.2, 0) is 16.1 Å². The molecular formula is C20H25BrN4O2. The van der Waals surface area contributed by atoms with E-state index in [1.165, 1.54) is 5.39 Å². The van der Waals surface area contributed by atoms with Crippen molar-refractivity contribution in [2.24, 2.45) is 11.8 Å². The monoisotopic (exact) mass is 432 g/mol. The van der Waals surface area contributed by atoms with E-state index in [0.29, 0.717) is 13.0 Å². The Labute approximate surface area is 167 Å². The van der Waals surface area contributed by atoms with E-state index in [2.05, 4.69) is 54.9 Å². The van der Waals surface area contributed by atoms with Gasteiger partial charge in [0.2, 0.25) is 11.8 Å². The van der Waals surface area contributed by atoms with Crippen LogP contribution in [0.4, 0.5) is 0 Å². The van der Waals surface area contributed by atoms with Crippen LogP contribution in [0.15, 0.2) is 34.9 Å². The first kappa shape index (κ1) is 18.5. The molecule has 0 bridgehead atoms. The third-order valence-electron chi connectivity index (χ3n) is 5.87. The number of hydrazine groups is 1. The van der Waals surface area contributed by atoms with E-state index in [-0.39, 0.29) is 29.7 Å².